The normalized spacial score (nSPS) is 21.7. The lowest BCUT2D eigenvalue weighted by molar-refractivity contribution is 0.0293. The minimum atomic E-state index is -0.413. The third-order valence-electron chi connectivity index (χ3n) is 1.88. The minimum absolute atomic E-state index is 0. The first-order chi connectivity index (χ1) is 5.88. The number of hydrogen-bond donors (Lipinski definition) is 1. The second-order valence-electron chi connectivity index (χ2n) is 4.48. The van der Waals surface area contributed by atoms with Crippen LogP contribution in [0.5, 0.6) is 0 Å². The molecule has 1 rings (SSSR count). The van der Waals surface area contributed by atoms with Crippen molar-refractivity contribution in [1.29, 1.82) is 0 Å². The number of ether oxygens (including phenoxy) is 1. The monoisotopic (exact) mass is 222 g/mol. The van der Waals surface area contributed by atoms with Crippen LogP contribution < -0.4 is 5.73 Å². The Labute approximate surface area is 91.2 Å². The maximum Gasteiger partial charge on any atom is 0.410 e. The van der Waals surface area contributed by atoms with Gasteiger partial charge in [-0.2, -0.15) is 0 Å². The number of rotatable bonds is 0. The quantitative estimate of drug-likeness (QED) is 0.674. The van der Waals surface area contributed by atoms with Crippen molar-refractivity contribution in [2.24, 2.45) is 5.73 Å². The SMILES string of the molecule is CC(C)(C)OC(=O)N1CCC(N)C1.Cl. The minimum Gasteiger partial charge on any atom is -0.444 e. The van der Waals surface area contributed by atoms with Gasteiger partial charge >= 0.3 is 6.09 Å². The molecule has 1 fully saturated rings. The zero-order chi connectivity index (χ0) is 10.1. The van der Waals surface area contributed by atoms with Gasteiger partial charge < -0.3 is 15.4 Å². The van der Waals surface area contributed by atoms with Gasteiger partial charge in [0.25, 0.3) is 0 Å². The summed E-state index contributed by atoms with van der Waals surface area (Å²) < 4.78 is 5.20. The molecule has 0 aromatic heterocycles. The van der Waals surface area contributed by atoms with E-state index in [1.807, 2.05) is 20.8 Å². The fourth-order valence-electron chi connectivity index (χ4n) is 1.28. The Balaban J connectivity index is 0.00000169. The number of carbonyl (C=O) groups is 1. The van der Waals surface area contributed by atoms with Crippen LogP contribution in [0, 0.1) is 0 Å². The molecule has 0 radical (unpaired) electrons. The van der Waals surface area contributed by atoms with Gasteiger partial charge in [-0.1, -0.05) is 0 Å². The smallest absolute Gasteiger partial charge is 0.410 e. The first kappa shape index (κ1) is 13.5. The highest BCUT2D eigenvalue weighted by atomic mass is 35.5. The van der Waals surface area contributed by atoms with Crippen molar-refractivity contribution in [1.82, 2.24) is 4.90 Å². The van der Waals surface area contributed by atoms with Crippen LogP contribution in [-0.4, -0.2) is 35.7 Å². The molecule has 0 aromatic rings. The van der Waals surface area contributed by atoms with Gasteiger partial charge in [-0.3, -0.25) is 0 Å². The first-order valence-electron chi connectivity index (χ1n) is 4.62. The fourth-order valence-corrected chi connectivity index (χ4v) is 1.28. The molecule has 4 nitrogen and oxygen atoms in total. The summed E-state index contributed by atoms with van der Waals surface area (Å²) in [6.45, 7) is 6.92. The van der Waals surface area contributed by atoms with Crippen molar-refractivity contribution in [3.8, 4) is 0 Å². The van der Waals surface area contributed by atoms with Crippen LogP contribution in [0.4, 0.5) is 4.79 Å². The molecule has 0 spiro atoms. The van der Waals surface area contributed by atoms with Gasteiger partial charge in [0, 0.05) is 19.1 Å². The summed E-state index contributed by atoms with van der Waals surface area (Å²) in [6.07, 6.45) is 0.625. The highest BCUT2D eigenvalue weighted by Crippen LogP contribution is 2.13. The third kappa shape index (κ3) is 4.15. The summed E-state index contributed by atoms with van der Waals surface area (Å²) in [5.74, 6) is 0. The van der Waals surface area contributed by atoms with E-state index in [9.17, 15) is 4.79 Å². The molecule has 0 saturated carbocycles. The third-order valence-corrected chi connectivity index (χ3v) is 1.88. The highest BCUT2D eigenvalue weighted by molar-refractivity contribution is 5.85. The Morgan fingerprint density at radius 1 is 1.50 bits per heavy atom. The molecular weight excluding hydrogens is 204 g/mol. The van der Waals surface area contributed by atoms with Crippen molar-refractivity contribution in [2.45, 2.75) is 38.8 Å². The Kier molecular flexibility index (Phi) is 4.68. The maximum atomic E-state index is 11.5. The molecule has 1 aliphatic heterocycles. The van der Waals surface area contributed by atoms with Gasteiger partial charge in [-0.25, -0.2) is 4.79 Å². The Morgan fingerprint density at radius 2 is 2.07 bits per heavy atom. The van der Waals surface area contributed by atoms with E-state index in [2.05, 4.69) is 0 Å². The molecule has 14 heavy (non-hydrogen) atoms. The van der Waals surface area contributed by atoms with E-state index >= 15 is 0 Å². The van der Waals surface area contributed by atoms with E-state index in [0.717, 1.165) is 13.0 Å². The lowest BCUT2D eigenvalue weighted by Crippen LogP contribution is -2.36. The molecule has 5 heteroatoms. The number of hydrogen-bond acceptors (Lipinski definition) is 3. The average molecular weight is 223 g/mol. The molecule has 2 N–H and O–H groups in total. The number of nitrogens with zero attached hydrogens (tertiary/aromatic N) is 1. The van der Waals surface area contributed by atoms with Crippen molar-refractivity contribution < 1.29 is 9.53 Å². The predicted octanol–water partition coefficient (Wildman–Crippen LogP) is 1.38. The number of carbonyl (C=O) groups excluding carboxylic acids is 1. The van der Waals surface area contributed by atoms with Gasteiger partial charge in [-0.15, -0.1) is 12.4 Å². The molecule has 1 heterocycles. The Morgan fingerprint density at radius 3 is 2.43 bits per heavy atom. The zero-order valence-corrected chi connectivity index (χ0v) is 9.76. The van der Waals surface area contributed by atoms with Crippen molar-refractivity contribution >= 4 is 18.5 Å². The molecule has 1 aliphatic rings. The number of likely N-dealkylation sites (tertiary alicyclic amines) is 1. The second kappa shape index (κ2) is 4.84. The van der Waals surface area contributed by atoms with Crippen LogP contribution in [0.3, 0.4) is 0 Å². The van der Waals surface area contributed by atoms with Crippen LogP contribution in [0.25, 0.3) is 0 Å². The molecule has 1 unspecified atom stereocenters. The number of amides is 1. The molecule has 1 atom stereocenters. The number of halogens is 1. The van der Waals surface area contributed by atoms with Gasteiger partial charge in [0.15, 0.2) is 0 Å². The van der Waals surface area contributed by atoms with Crippen LogP contribution in [0.1, 0.15) is 27.2 Å². The van der Waals surface area contributed by atoms with Crippen molar-refractivity contribution in [3.63, 3.8) is 0 Å². The lowest BCUT2D eigenvalue weighted by atomic mass is 10.2. The van der Waals surface area contributed by atoms with E-state index < -0.39 is 5.60 Å². The topological polar surface area (TPSA) is 55.6 Å². The van der Waals surface area contributed by atoms with E-state index in [4.69, 9.17) is 10.5 Å². The largest absolute Gasteiger partial charge is 0.444 e. The summed E-state index contributed by atoms with van der Waals surface area (Å²) in [5.41, 5.74) is 5.26. The van der Waals surface area contributed by atoms with E-state index in [1.54, 1.807) is 4.90 Å². The summed E-state index contributed by atoms with van der Waals surface area (Å²) in [4.78, 5) is 13.1. The van der Waals surface area contributed by atoms with Crippen LogP contribution >= 0.6 is 12.4 Å². The van der Waals surface area contributed by atoms with Gasteiger partial charge in [-0.05, 0) is 27.2 Å². The molecule has 1 saturated heterocycles. The van der Waals surface area contributed by atoms with Gasteiger partial charge in [0.2, 0.25) is 0 Å². The van der Waals surface area contributed by atoms with Crippen LogP contribution in [0.15, 0.2) is 0 Å². The van der Waals surface area contributed by atoms with Gasteiger partial charge in [0.1, 0.15) is 5.60 Å². The summed E-state index contributed by atoms with van der Waals surface area (Å²) >= 11 is 0. The standard InChI is InChI=1S/C9H18N2O2.ClH/c1-9(2,3)13-8(12)11-5-4-7(10)6-11;/h7H,4-6,10H2,1-3H3;1H. The predicted molar refractivity (Wildman–Crippen MR) is 57.6 cm³/mol. The second-order valence-corrected chi connectivity index (χ2v) is 4.48. The maximum absolute atomic E-state index is 11.5. The lowest BCUT2D eigenvalue weighted by Gasteiger charge is -2.24. The molecule has 1 amide bonds. The summed E-state index contributed by atoms with van der Waals surface area (Å²) in [6, 6.07) is 0.118. The van der Waals surface area contributed by atoms with Gasteiger partial charge in [0.05, 0.1) is 0 Å². The number of nitrogens with two attached hydrogens (primary N) is 1. The fraction of sp³-hybridized carbons (Fsp3) is 0.889. The molecule has 0 aromatic carbocycles. The Hall–Kier alpha value is -0.480. The zero-order valence-electron chi connectivity index (χ0n) is 8.95. The summed E-state index contributed by atoms with van der Waals surface area (Å²) in [7, 11) is 0. The molecular formula is C9H19ClN2O2. The molecule has 0 aliphatic carbocycles. The van der Waals surface area contributed by atoms with Crippen LogP contribution in [0.2, 0.25) is 0 Å². The van der Waals surface area contributed by atoms with Crippen molar-refractivity contribution in [3.05, 3.63) is 0 Å². The van der Waals surface area contributed by atoms with Crippen LogP contribution in [-0.2, 0) is 4.74 Å². The Bertz CT molecular complexity index is 203. The summed E-state index contributed by atoms with van der Waals surface area (Å²) in [5, 5.41) is 0. The van der Waals surface area contributed by atoms with E-state index in [0.29, 0.717) is 6.54 Å². The van der Waals surface area contributed by atoms with Crippen molar-refractivity contribution in [2.75, 3.05) is 13.1 Å². The average Bonchev–Trinajstić information content (AvgIpc) is 2.31. The first-order valence-corrected chi connectivity index (χ1v) is 4.62. The highest BCUT2D eigenvalue weighted by Gasteiger charge is 2.27. The molecule has 84 valence electrons. The van der Waals surface area contributed by atoms with E-state index in [-0.39, 0.29) is 24.5 Å². The van der Waals surface area contributed by atoms with E-state index in [1.165, 1.54) is 0 Å². The molecule has 0 bridgehead atoms.